The van der Waals surface area contributed by atoms with Gasteiger partial charge in [-0.2, -0.15) is 0 Å². The number of pyridine rings is 1. The lowest BCUT2D eigenvalue weighted by Crippen LogP contribution is -2.48. The number of amides is 2. The van der Waals surface area contributed by atoms with Crippen molar-refractivity contribution in [2.45, 2.75) is 19.4 Å². The second-order valence-corrected chi connectivity index (χ2v) is 6.34. The Labute approximate surface area is 158 Å². The molecular weight excluding hydrogens is 344 g/mol. The van der Waals surface area contributed by atoms with Crippen LogP contribution in [-0.2, 0) is 9.53 Å². The van der Waals surface area contributed by atoms with E-state index < -0.39 is 6.04 Å². The molecule has 1 atom stereocenters. The van der Waals surface area contributed by atoms with Crippen LogP contribution in [0.4, 0.5) is 16.3 Å². The van der Waals surface area contributed by atoms with Crippen LogP contribution >= 0.6 is 0 Å². The van der Waals surface area contributed by atoms with Crippen molar-refractivity contribution < 1.29 is 14.3 Å². The first kappa shape index (κ1) is 18.7. The Kier molecular flexibility index (Phi) is 5.90. The van der Waals surface area contributed by atoms with Crippen LogP contribution in [0.25, 0.3) is 0 Å². The maximum Gasteiger partial charge on any atom is 0.322 e. The maximum atomic E-state index is 13.0. The van der Waals surface area contributed by atoms with E-state index in [0.717, 1.165) is 17.1 Å². The smallest absolute Gasteiger partial charge is 0.322 e. The predicted molar refractivity (Wildman–Crippen MR) is 104 cm³/mol. The molecule has 7 heteroatoms. The SMILES string of the molecule is CCOC(=O)C[C@@H](NC(=O)N1CCN(C)c2ncccc21)c1ccccc1. The molecule has 0 unspecified atom stereocenters. The molecule has 3 rings (SSSR count). The fourth-order valence-corrected chi connectivity index (χ4v) is 3.13. The summed E-state index contributed by atoms with van der Waals surface area (Å²) in [5, 5.41) is 2.99. The van der Waals surface area contributed by atoms with Gasteiger partial charge in [0.05, 0.1) is 24.8 Å². The number of nitrogens with zero attached hydrogens (tertiary/aromatic N) is 3. The summed E-state index contributed by atoms with van der Waals surface area (Å²) >= 11 is 0. The highest BCUT2D eigenvalue weighted by molar-refractivity contribution is 5.96. The fraction of sp³-hybridized carbons (Fsp3) is 0.350. The molecule has 1 aliphatic rings. The van der Waals surface area contributed by atoms with Crippen LogP contribution < -0.4 is 15.1 Å². The Morgan fingerprint density at radius 2 is 1.96 bits per heavy atom. The standard InChI is InChI=1S/C20H24N4O3/c1-3-27-18(25)14-16(15-8-5-4-6-9-15)22-20(26)24-13-12-23(2)19-17(24)10-7-11-21-19/h4-11,16H,3,12-14H2,1-2H3,(H,22,26)/t16-/m1/s1. The number of urea groups is 1. The molecule has 1 N–H and O–H groups in total. The van der Waals surface area contributed by atoms with Crippen molar-refractivity contribution in [1.29, 1.82) is 0 Å². The van der Waals surface area contributed by atoms with Crippen LogP contribution in [-0.4, -0.2) is 43.7 Å². The summed E-state index contributed by atoms with van der Waals surface area (Å²) in [4.78, 5) is 33.1. The summed E-state index contributed by atoms with van der Waals surface area (Å²) in [5.41, 5.74) is 1.62. The lowest BCUT2D eigenvalue weighted by molar-refractivity contribution is -0.143. The molecule has 142 valence electrons. The van der Waals surface area contributed by atoms with Crippen molar-refractivity contribution in [3.05, 3.63) is 54.2 Å². The van der Waals surface area contributed by atoms with E-state index in [2.05, 4.69) is 10.3 Å². The highest BCUT2D eigenvalue weighted by Crippen LogP contribution is 2.30. The van der Waals surface area contributed by atoms with E-state index in [1.165, 1.54) is 0 Å². The minimum atomic E-state index is -0.461. The molecule has 2 heterocycles. The van der Waals surface area contributed by atoms with E-state index in [4.69, 9.17) is 4.74 Å². The van der Waals surface area contributed by atoms with Crippen LogP contribution in [0.15, 0.2) is 48.7 Å². The molecule has 1 aromatic carbocycles. The normalized spacial score (nSPS) is 14.3. The lowest BCUT2D eigenvalue weighted by atomic mass is 10.0. The molecule has 0 saturated heterocycles. The Bertz CT molecular complexity index is 797. The van der Waals surface area contributed by atoms with Crippen LogP contribution in [0, 0.1) is 0 Å². The van der Waals surface area contributed by atoms with Gasteiger partial charge in [-0.25, -0.2) is 9.78 Å². The van der Waals surface area contributed by atoms with Crippen LogP contribution in [0.1, 0.15) is 24.9 Å². The summed E-state index contributed by atoms with van der Waals surface area (Å²) in [6, 6.07) is 12.4. The van der Waals surface area contributed by atoms with Gasteiger partial charge in [0.15, 0.2) is 5.82 Å². The second-order valence-electron chi connectivity index (χ2n) is 6.34. The third-order valence-corrected chi connectivity index (χ3v) is 4.50. The van der Waals surface area contributed by atoms with Gasteiger partial charge < -0.3 is 15.0 Å². The predicted octanol–water partition coefficient (Wildman–Crippen LogP) is 2.74. The van der Waals surface area contributed by atoms with E-state index >= 15 is 0 Å². The second kappa shape index (κ2) is 8.53. The number of carbonyl (C=O) groups is 2. The minimum Gasteiger partial charge on any atom is -0.466 e. The van der Waals surface area contributed by atoms with Crippen LogP contribution in [0.5, 0.6) is 0 Å². The summed E-state index contributed by atoms with van der Waals surface area (Å²) in [5.74, 6) is 0.424. The number of rotatable bonds is 5. The molecule has 2 aromatic rings. The zero-order valence-electron chi connectivity index (χ0n) is 15.6. The molecule has 1 aliphatic heterocycles. The van der Waals surface area contributed by atoms with Gasteiger partial charge in [-0.1, -0.05) is 30.3 Å². The number of esters is 1. The van der Waals surface area contributed by atoms with Gasteiger partial charge in [-0.3, -0.25) is 9.69 Å². The van der Waals surface area contributed by atoms with Gasteiger partial charge in [-0.05, 0) is 24.6 Å². The number of anilines is 2. The highest BCUT2D eigenvalue weighted by atomic mass is 16.5. The quantitative estimate of drug-likeness (QED) is 0.822. The molecule has 2 amide bonds. The van der Waals surface area contributed by atoms with Gasteiger partial charge in [0.25, 0.3) is 0 Å². The van der Waals surface area contributed by atoms with E-state index in [1.807, 2.05) is 54.4 Å². The third-order valence-electron chi connectivity index (χ3n) is 4.50. The fourth-order valence-electron chi connectivity index (χ4n) is 3.13. The van der Waals surface area contributed by atoms with Crippen molar-refractivity contribution in [2.75, 3.05) is 36.5 Å². The largest absolute Gasteiger partial charge is 0.466 e. The molecule has 0 aliphatic carbocycles. The van der Waals surface area contributed by atoms with E-state index in [1.54, 1.807) is 18.0 Å². The third kappa shape index (κ3) is 4.36. The number of ether oxygens (including phenoxy) is 1. The number of likely N-dealkylation sites (N-methyl/N-ethyl adjacent to an activating group) is 1. The maximum absolute atomic E-state index is 13.0. The molecule has 0 saturated carbocycles. The van der Waals surface area contributed by atoms with Crippen molar-refractivity contribution in [1.82, 2.24) is 10.3 Å². The summed E-state index contributed by atoms with van der Waals surface area (Å²) in [6.45, 7) is 3.31. The van der Waals surface area contributed by atoms with Gasteiger partial charge in [-0.15, -0.1) is 0 Å². The first-order chi connectivity index (χ1) is 13.1. The van der Waals surface area contributed by atoms with Crippen molar-refractivity contribution in [2.24, 2.45) is 0 Å². The van der Waals surface area contributed by atoms with Gasteiger partial charge in [0.2, 0.25) is 0 Å². The summed E-state index contributed by atoms with van der Waals surface area (Å²) in [7, 11) is 1.95. The van der Waals surface area contributed by atoms with Crippen molar-refractivity contribution >= 4 is 23.5 Å². The Morgan fingerprint density at radius 1 is 1.19 bits per heavy atom. The summed E-state index contributed by atoms with van der Waals surface area (Å²) < 4.78 is 5.07. The number of benzene rings is 1. The van der Waals surface area contributed by atoms with E-state index in [0.29, 0.717) is 19.7 Å². The molecule has 7 nitrogen and oxygen atoms in total. The highest BCUT2D eigenvalue weighted by Gasteiger charge is 2.28. The topological polar surface area (TPSA) is 74.8 Å². The molecular formula is C20H24N4O3. The van der Waals surface area contributed by atoms with Crippen molar-refractivity contribution in [3.8, 4) is 0 Å². The van der Waals surface area contributed by atoms with E-state index in [-0.39, 0.29) is 18.4 Å². The number of hydrogen-bond donors (Lipinski definition) is 1. The van der Waals surface area contributed by atoms with Crippen LogP contribution in [0.3, 0.4) is 0 Å². The van der Waals surface area contributed by atoms with Gasteiger partial charge >= 0.3 is 12.0 Å². The Balaban J connectivity index is 1.80. The lowest BCUT2D eigenvalue weighted by Gasteiger charge is -2.35. The molecule has 1 aromatic heterocycles. The minimum absolute atomic E-state index is 0.0806. The average Bonchev–Trinajstić information content (AvgIpc) is 2.69. The zero-order chi connectivity index (χ0) is 19.2. The van der Waals surface area contributed by atoms with Gasteiger partial charge in [0, 0.05) is 26.3 Å². The summed E-state index contributed by atoms with van der Waals surface area (Å²) in [6.07, 6.45) is 1.79. The molecule has 27 heavy (non-hydrogen) atoms. The average molecular weight is 368 g/mol. The first-order valence-electron chi connectivity index (χ1n) is 9.05. The van der Waals surface area contributed by atoms with Gasteiger partial charge in [0.1, 0.15) is 0 Å². The first-order valence-corrected chi connectivity index (χ1v) is 9.05. The molecule has 0 spiro atoms. The molecule has 0 fully saturated rings. The number of hydrogen-bond acceptors (Lipinski definition) is 5. The number of aromatic nitrogens is 1. The van der Waals surface area contributed by atoms with E-state index in [9.17, 15) is 9.59 Å². The number of carbonyl (C=O) groups excluding carboxylic acids is 2. The monoisotopic (exact) mass is 368 g/mol. The Morgan fingerprint density at radius 3 is 2.70 bits per heavy atom. The van der Waals surface area contributed by atoms with Crippen LogP contribution in [0.2, 0.25) is 0 Å². The zero-order valence-corrected chi connectivity index (χ0v) is 15.6. The number of fused-ring (bicyclic) bond motifs is 1. The molecule has 0 bridgehead atoms. The van der Waals surface area contributed by atoms with Crippen molar-refractivity contribution in [3.63, 3.8) is 0 Å². The Hall–Kier alpha value is -3.09. The number of nitrogens with one attached hydrogen (secondary N) is 1. The molecule has 0 radical (unpaired) electrons.